The molecule has 0 amide bonds. The number of rotatable bonds is 2. The third-order valence-electron chi connectivity index (χ3n) is 2.93. The first-order chi connectivity index (χ1) is 9.75. The number of nitrogen functional groups attached to an aromatic ring is 2. The van der Waals surface area contributed by atoms with Gasteiger partial charge >= 0.3 is 0 Å². The van der Waals surface area contributed by atoms with Gasteiger partial charge in [0.2, 0.25) is 0 Å². The molecule has 0 aliphatic heterocycles. The van der Waals surface area contributed by atoms with Crippen LogP contribution in [0.4, 0.5) is 11.5 Å². The van der Waals surface area contributed by atoms with E-state index in [1.165, 1.54) is 0 Å². The number of anilines is 2. The predicted molar refractivity (Wildman–Crippen MR) is 94.0 cm³/mol. The van der Waals surface area contributed by atoms with Gasteiger partial charge in [-0.3, -0.25) is 9.97 Å². The maximum absolute atomic E-state index is 5.87. The summed E-state index contributed by atoms with van der Waals surface area (Å²) >= 11 is 0. The summed E-state index contributed by atoms with van der Waals surface area (Å²) in [5.41, 5.74) is 15.1. The monoisotopic (exact) mass is 335 g/mol. The summed E-state index contributed by atoms with van der Waals surface area (Å²) in [6.07, 6.45) is 3.44. The highest BCUT2D eigenvalue weighted by atomic mass is 35.5. The van der Waals surface area contributed by atoms with Crippen LogP contribution < -0.4 is 11.5 Å². The number of nitrogens with two attached hydrogens (primary N) is 2. The molecule has 0 aliphatic rings. The van der Waals surface area contributed by atoms with Crippen molar-refractivity contribution in [2.75, 3.05) is 11.5 Å². The smallest absolute Gasteiger partial charge is 0.147 e. The first kappa shape index (κ1) is 17.7. The summed E-state index contributed by atoms with van der Waals surface area (Å²) in [7, 11) is 0. The second kappa shape index (κ2) is 7.59. The van der Waals surface area contributed by atoms with Gasteiger partial charge in [0.25, 0.3) is 0 Å². The average molecular weight is 336 g/mol. The summed E-state index contributed by atoms with van der Waals surface area (Å²) in [6, 6.07) is 13.1. The van der Waals surface area contributed by atoms with Crippen LogP contribution in [-0.4, -0.2) is 15.0 Å². The van der Waals surface area contributed by atoms with Crippen LogP contribution in [0.1, 0.15) is 0 Å². The van der Waals surface area contributed by atoms with Gasteiger partial charge in [-0.1, -0.05) is 12.1 Å². The Morgan fingerprint density at radius 3 is 1.91 bits per heavy atom. The second-order valence-corrected chi connectivity index (χ2v) is 4.29. The van der Waals surface area contributed by atoms with Crippen molar-refractivity contribution in [3.05, 3.63) is 54.9 Å². The van der Waals surface area contributed by atoms with E-state index in [4.69, 9.17) is 11.5 Å². The molecule has 0 atom stereocenters. The number of halogens is 2. The number of nitrogens with zero attached hydrogens (tertiary/aromatic N) is 3. The zero-order valence-corrected chi connectivity index (χ0v) is 13.1. The van der Waals surface area contributed by atoms with Crippen LogP contribution in [0.25, 0.3) is 22.6 Å². The fourth-order valence-electron chi connectivity index (χ4n) is 1.96. The minimum absolute atomic E-state index is 0. The van der Waals surface area contributed by atoms with Crippen LogP contribution in [0.15, 0.2) is 54.9 Å². The highest BCUT2D eigenvalue weighted by Crippen LogP contribution is 2.31. The number of aromatic nitrogens is 3. The lowest BCUT2D eigenvalue weighted by Crippen LogP contribution is -2.02. The summed E-state index contributed by atoms with van der Waals surface area (Å²) in [5, 5.41) is 0. The summed E-state index contributed by atoms with van der Waals surface area (Å²) in [6.45, 7) is 0. The van der Waals surface area contributed by atoms with E-state index in [2.05, 4.69) is 15.0 Å². The first-order valence-corrected chi connectivity index (χ1v) is 6.14. The van der Waals surface area contributed by atoms with Gasteiger partial charge in [-0.25, -0.2) is 4.98 Å². The van der Waals surface area contributed by atoms with Gasteiger partial charge in [-0.2, -0.15) is 0 Å². The molecule has 114 valence electrons. The van der Waals surface area contributed by atoms with Gasteiger partial charge in [0.1, 0.15) is 11.5 Å². The van der Waals surface area contributed by atoms with Crippen molar-refractivity contribution in [3.63, 3.8) is 0 Å². The molecule has 5 nitrogen and oxygen atoms in total. The van der Waals surface area contributed by atoms with Crippen LogP contribution in [-0.2, 0) is 0 Å². The lowest BCUT2D eigenvalue weighted by atomic mass is 10.1. The fraction of sp³-hybridized carbons (Fsp3) is 0. The van der Waals surface area contributed by atoms with Crippen molar-refractivity contribution in [1.82, 2.24) is 15.0 Å². The highest BCUT2D eigenvalue weighted by Gasteiger charge is 2.13. The second-order valence-electron chi connectivity index (χ2n) is 4.29. The van der Waals surface area contributed by atoms with Gasteiger partial charge in [0, 0.05) is 18.0 Å². The molecule has 0 saturated carbocycles. The lowest BCUT2D eigenvalue weighted by Gasteiger charge is -2.10. The van der Waals surface area contributed by atoms with Crippen molar-refractivity contribution < 1.29 is 0 Å². The molecule has 4 N–H and O–H groups in total. The largest absolute Gasteiger partial charge is 0.396 e. The minimum atomic E-state index is 0. The molecule has 22 heavy (non-hydrogen) atoms. The van der Waals surface area contributed by atoms with Gasteiger partial charge in [0.05, 0.1) is 17.1 Å². The standard InChI is InChI=1S/C15H13N5.2ClH/c16-11-9-10(12-5-1-3-7-18-12)14(20-15(11)17)13-6-2-4-8-19-13;;/h1-9H,16H2,(H2,17,20);2*1H. The van der Waals surface area contributed by atoms with Gasteiger partial charge < -0.3 is 11.5 Å². The van der Waals surface area contributed by atoms with E-state index in [0.29, 0.717) is 17.2 Å². The van der Waals surface area contributed by atoms with Crippen LogP contribution in [0.5, 0.6) is 0 Å². The van der Waals surface area contributed by atoms with Crippen molar-refractivity contribution in [3.8, 4) is 22.6 Å². The van der Waals surface area contributed by atoms with Gasteiger partial charge in [-0.05, 0) is 30.3 Å². The van der Waals surface area contributed by atoms with Crippen LogP contribution in [0.2, 0.25) is 0 Å². The topological polar surface area (TPSA) is 90.7 Å². The normalized spacial score (nSPS) is 9.45. The molecule has 3 aromatic heterocycles. The van der Waals surface area contributed by atoms with E-state index >= 15 is 0 Å². The quantitative estimate of drug-likeness (QED) is 0.750. The van der Waals surface area contributed by atoms with E-state index in [-0.39, 0.29) is 24.8 Å². The Morgan fingerprint density at radius 1 is 0.773 bits per heavy atom. The van der Waals surface area contributed by atoms with E-state index in [9.17, 15) is 0 Å². The molecule has 0 aliphatic carbocycles. The molecular formula is C15H15Cl2N5. The molecule has 0 spiro atoms. The Morgan fingerprint density at radius 2 is 1.36 bits per heavy atom. The third-order valence-corrected chi connectivity index (χ3v) is 2.93. The zero-order valence-electron chi connectivity index (χ0n) is 11.5. The Balaban J connectivity index is 0.00000121. The van der Waals surface area contributed by atoms with Crippen molar-refractivity contribution in [2.24, 2.45) is 0 Å². The van der Waals surface area contributed by atoms with Crippen LogP contribution in [0, 0.1) is 0 Å². The molecular weight excluding hydrogens is 321 g/mol. The minimum Gasteiger partial charge on any atom is -0.396 e. The molecule has 0 aromatic carbocycles. The Kier molecular flexibility index (Phi) is 6.10. The SMILES string of the molecule is Cl.Cl.Nc1cc(-c2ccccn2)c(-c2ccccn2)nc1N. The first-order valence-electron chi connectivity index (χ1n) is 6.14. The van der Waals surface area contributed by atoms with Crippen molar-refractivity contribution in [2.45, 2.75) is 0 Å². The molecule has 3 rings (SSSR count). The molecule has 7 heteroatoms. The van der Waals surface area contributed by atoms with E-state index < -0.39 is 0 Å². The lowest BCUT2D eigenvalue weighted by molar-refractivity contribution is 1.24. The summed E-state index contributed by atoms with van der Waals surface area (Å²) in [5.74, 6) is 0.297. The van der Waals surface area contributed by atoms with E-state index in [1.54, 1.807) is 18.5 Å². The predicted octanol–water partition coefficient (Wildman–Crippen LogP) is 3.21. The number of hydrogen-bond donors (Lipinski definition) is 2. The zero-order chi connectivity index (χ0) is 13.9. The molecule has 0 bridgehead atoms. The summed E-state index contributed by atoms with van der Waals surface area (Å²) < 4.78 is 0. The molecule has 0 saturated heterocycles. The van der Waals surface area contributed by atoms with E-state index in [0.717, 1.165) is 17.0 Å². The summed E-state index contributed by atoms with van der Waals surface area (Å²) in [4.78, 5) is 13.0. The van der Waals surface area contributed by atoms with Crippen molar-refractivity contribution >= 4 is 36.3 Å². The van der Waals surface area contributed by atoms with Crippen LogP contribution in [0.3, 0.4) is 0 Å². The highest BCUT2D eigenvalue weighted by molar-refractivity contribution is 5.85. The Hall–Kier alpha value is -2.37. The van der Waals surface area contributed by atoms with E-state index in [1.807, 2.05) is 36.4 Å². The molecule has 0 unspecified atom stereocenters. The molecule has 3 aromatic rings. The molecule has 0 radical (unpaired) electrons. The van der Waals surface area contributed by atoms with Gasteiger partial charge in [0.15, 0.2) is 0 Å². The van der Waals surface area contributed by atoms with Crippen LogP contribution >= 0.6 is 24.8 Å². The van der Waals surface area contributed by atoms with Gasteiger partial charge in [-0.15, -0.1) is 24.8 Å². The number of hydrogen-bond acceptors (Lipinski definition) is 5. The average Bonchev–Trinajstić information content (AvgIpc) is 2.51. The number of pyridine rings is 3. The maximum Gasteiger partial charge on any atom is 0.147 e. The van der Waals surface area contributed by atoms with Crippen molar-refractivity contribution in [1.29, 1.82) is 0 Å². The molecule has 3 heterocycles. The fourth-order valence-corrected chi connectivity index (χ4v) is 1.96. The Labute approximate surface area is 140 Å². The maximum atomic E-state index is 5.87. The molecule has 0 fully saturated rings. The third kappa shape index (κ3) is 3.44. The Bertz CT molecular complexity index is 671.